The van der Waals surface area contributed by atoms with E-state index >= 15 is 0 Å². The zero-order valence-corrected chi connectivity index (χ0v) is 11.1. The molecule has 0 saturated heterocycles. The summed E-state index contributed by atoms with van der Waals surface area (Å²) in [4.78, 5) is 18.0. The molecule has 0 aliphatic heterocycles. The molecule has 2 N–H and O–H groups in total. The lowest BCUT2D eigenvalue weighted by Crippen LogP contribution is -2.30. The Bertz CT molecular complexity index is 564. The Labute approximate surface area is 111 Å². The monoisotopic (exact) mass is 259 g/mol. The standard InChI is InChI=1S/C13H17N5O/c1-17(8-6-10-5-3-4-7-15-10)13(19)12-11(14)9-18(2)16-12/h3-5,7,9H,6,8,14H2,1-2H3. The highest BCUT2D eigenvalue weighted by molar-refractivity contribution is 5.96. The number of rotatable bonds is 4. The second-order valence-electron chi connectivity index (χ2n) is 4.40. The number of hydrogen-bond acceptors (Lipinski definition) is 4. The van der Waals surface area contributed by atoms with Crippen LogP contribution in [0, 0.1) is 0 Å². The summed E-state index contributed by atoms with van der Waals surface area (Å²) in [5.74, 6) is -0.172. The van der Waals surface area contributed by atoms with E-state index in [0.29, 0.717) is 24.3 Å². The number of carbonyl (C=O) groups excluding carboxylic acids is 1. The van der Waals surface area contributed by atoms with Gasteiger partial charge >= 0.3 is 0 Å². The maximum atomic E-state index is 12.1. The summed E-state index contributed by atoms with van der Waals surface area (Å²) in [6.07, 6.45) is 4.07. The number of aryl methyl sites for hydroxylation is 1. The maximum absolute atomic E-state index is 12.1. The number of nitrogens with zero attached hydrogens (tertiary/aromatic N) is 4. The van der Waals surface area contributed by atoms with Crippen LogP contribution in [0.2, 0.25) is 0 Å². The zero-order chi connectivity index (χ0) is 13.8. The van der Waals surface area contributed by atoms with Gasteiger partial charge in [0.25, 0.3) is 5.91 Å². The number of pyridine rings is 1. The molecule has 1 amide bonds. The van der Waals surface area contributed by atoms with E-state index in [1.807, 2.05) is 18.2 Å². The van der Waals surface area contributed by atoms with E-state index in [4.69, 9.17) is 5.73 Å². The highest BCUT2D eigenvalue weighted by Gasteiger charge is 2.18. The van der Waals surface area contributed by atoms with Crippen LogP contribution in [0.15, 0.2) is 30.6 Å². The molecular weight excluding hydrogens is 242 g/mol. The number of hydrogen-bond donors (Lipinski definition) is 1. The first-order chi connectivity index (χ1) is 9.08. The van der Waals surface area contributed by atoms with Crippen molar-refractivity contribution >= 4 is 11.6 Å². The van der Waals surface area contributed by atoms with Gasteiger partial charge < -0.3 is 10.6 Å². The van der Waals surface area contributed by atoms with Gasteiger partial charge in [0.2, 0.25) is 0 Å². The van der Waals surface area contributed by atoms with E-state index in [1.165, 1.54) is 4.68 Å². The van der Waals surface area contributed by atoms with Crippen LogP contribution in [0.25, 0.3) is 0 Å². The van der Waals surface area contributed by atoms with Crippen LogP contribution in [-0.4, -0.2) is 39.2 Å². The van der Waals surface area contributed by atoms with Gasteiger partial charge in [0.15, 0.2) is 5.69 Å². The van der Waals surface area contributed by atoms with Crippen molar-refractivity contribution in [1.82, 2.24) is 19.7 Å². The quantitative estimate of drug-likeness (QED) is 0.877. The van der Waals surface area contributed by atoms with Crippen molar-refractivity contribution in [3.8, 4) is 0 Å². The normalized spacial score (nSPS) is 10.4. The molecule has 2 heterocycles. The Morgan fingerprint density at radius 1 is 1.47 bits per heavy atom. The number of nitrogens with two attached hydrogens (primary N) is 1. The summed E-state index contributed by atoms with van der Waals surface area (Å²) in [5.41, 5.74) is 7.40. The van der Waals surface area contributed by atoms with Crippen molar-refractivity contribution < 1.29 is 4.79 Å². The first-order valence-corrected chi connectivity index (χ1v) is 6.02. The molecule has 0 fully saturated rings. The average molecular weight is 259 g/mol. The summed E-state index contributed by atoms with van der Waals surface area (Å²) in [5, 5.41) is 4.07. The van der Waals surface area contributed by atoms with Crippen LogP contribution in [0.4, 0.5) is 5.69 Å². The third-order valence-electron chi connectivity index (χ3n) is 2.84. The molecule has 0 spiro atoms. The molecular formula is C13H17N5O. The van der Waals surface area contributed by atoms with Crippen LogP contribution >= 0.6 is 0 Å². The topological polar surface area (TPSA) is 77.0 Å². The third kappa shape index (κ3) is 3.09. The van der Waals surface area contributed by atoms with Gasteiger partial charge in [-0.15, -0.1) is 0 Å². The Kier molecular flexibility index (Phi) is 3.79. The summed E-state index contributed by atoms with van der Waals surface area (Å²) >= 11 is 0. The van der Waals surface area contributed by atoms with E-state index < -0.39 is 0 Å². The molecule has 0 saturated carbocycles. The van der Waals surface area contributed by atoms with Crippen LogP contribution in [0.1, 0.15) is 16.2 Å². The fourth-order valence-electron chi connectivity index (χ4n) is 1.78. The highest BCUT2D eigenvalue weighted by atomic mass is 16.2. The average Bonchev–Trinajstić information content (AvgIpc) is 2.75. The van der Waals surface area contributed by atoms with Gasteiger partial charge in [-0.3, -0.25) is 14.5 Å². The number of carbonyl (C=O) groups is 1. The van der Waals surface area contributed by atoms with Gasteiger partial charge in [-0.25, -0.2) is 0 Å². The molecule has 6 nitrogen and oxygen atoms in total. The minimum Gasteiger partial charge on any atom is -0.396 e. The molecule has 2 aromatic heterocycles. The van der Waals surface area contributed by atoms with Crippen molar-refractivity contribution in [2.45, 2.75) is 6.42 Å². The van der Waals surface area contributed by atoms with E-state index in [0.717, 1.165) is 5.69 Å². The molecule has 100 valence electrons. The Morgan fingerprint density at radius 2 is 2.26 bits per heavy atom. The van der Waals surface area contributed by atoms with Gasteiger partial charge in [-0.2, -0.15) is 5.10 Å². The fraction of sp³-hybridized carbons (Fsp3) is 0.308. The van der Waals surface area contributed by atoms with Gasteiger partial charge in [0, 0.05) is 45.1 Å². The SMILES string of the molecule is CN(CCc1ccccn1)C(=O)c1nn(C)cc1N. The summed E-state index contributed by atoms with van der Waals surface area (Å²) in [6.45, 7) is 0.575. The largest absolute Gasteiger partial charge is 0.396 e. The predicted octanol–water partition coefficient (Wildman–Crippen LogP) is 0.712. The van der Waals surface area contributed by atoms with Crippen molar-refractivity contribution in [3.05, 3.63) is 42.0 Å². The van der Waals surface area contributed by atoms with Crippen molar-refractivity contribution in [3.63, 3.8) is 0 Å². The van der Waals surface area contributed by atoms with Gasteiger partial charge in [0.1, 0.15) is 0 Å². The Morgan fingerprint density at radius 3 is 2.84 bits per heavy atom. The minimum atomic E-state index is -0.172. The van der Waals surface area contributed by atoms with Crippen molar-refractivity contribution in [2.75, 3.05) is 19.3 Å². The lowest BCUT2D eigenvalue weighted by molar-refractivity contribution is 0.0791. The summed E-state index contributed by atoms with van der Waals surface area (Å²) < 4.78 is 1.54. The Hall–Kier alpha value is -2.37. The first kappa shape index (κ1) is 13.1. The summed E-state index contributed by atoms with van der Waals surface area (Å²) in [7, 11) is 3.47. The number of amides is 1. The third-order valence-corrected chi connectivity index (χ3v) is 2.84. The van der Waals surface area contributed by atoms with E-state index in [2.05, 4.69) is 10.1 Å². The van der Waals surface area contributed by atoms with Crippen LogP contribution in [-0.2, 0) is 13.5 Å². The molecule has 2 aromatic rings. The molecule has 19 heavy (non-hydrogen) atoms. The molecule has 0 aliphatic carbocycles. The predicted molar refractivity (Wildman–Crippen MR) is 72.5 cm³/mol. The summed E-state index contributed by atoms with van der Waals surface area (Å²) in [6, 6.07) is 5.74. The van der Waals surface area contributed by atoms with Crippen LogP contribution < -0.4 is 5.73 Å². The maximum Gasteiger partial charge on any atom is 0.276 e. The molecule has 2 rings (SSSR count). The van der Waals surface area contributed by atoms with Gasteiger partial charge in [0.05, 0.1) is 5.69 Å². The number of likely N-dealkylation sites (N-methyl/N-ethyl adjacent to an activating group) is 1. The highest BCUT2D eigenvalue weighted by Crippen LogP contribution is 2.10. The molecule has 0 atom stereocenters. The molecule has 0 aliphatic rings. The smallest absolute Gasteiger partial charge is 0.276 e. The van der Waals surface area contributed by atoms with Crippen molar-refractivity contribution in [2.24, 2.45) is 7.05 Å². The van der Waals surface area contributed by atoms with Crippen LogP contribution in [0.3, 0.4) is 0 Å². The first-order valence-electron chi connectivity index (χ1n) is 6.02. The van der Waals surface area contributed by atoms with Gasteiger partial charge in [-0.05, 0) is 12.1 Å². The number of aromatic nitrogens is 3. The molecule has 0 bridgehead atoms. The number of nitrogen functional groups attached to an aromatic ring is 1. The van der Waals surface area contributed by atoms with Crippen molar-refractivity contribution in [1.29, 1.82) is 0 Å². The second-order valence-corrected chi connectivity index (χ2v) is 4.40. The van der Waals surface area contributed by atoms with E-state index in [-0.39, 0.29) is 5.91 Å². The zero-order valence-electron chi connectivity index (χ0n) is 11.1. The Balaban J connectivity index is 1.98. The second kappa shape index (κ2) is 5.51. The van der Waals surface area contributed by atoms with Gasteiger partial charge in [-0.1, -0.05) is 6.07 Å². The lowest BCUT2D eigenvalue weighted by Gasteiger charge is -2.15. The molecule has 0 unspecified atom stereocenters. The fourth-order valence-corrected chi connectivity index (χ4v) is 1.78. The molecule has 0 aromatic carbocycles. The minimum absolute atomic E-state index is 0.172. The van der Waals surface area contributed by atoms with Crippen LogP contribution in [0.5, 0.6) is 0 Å². The van der Waals surface area contributed by atoms with E-state index in [1.54, 1.807) is 31.4 Å². The lowest BCUT2D eigenvalue weighted by atomic mass is 10.2. The van der Waals surface area contributed by atoms with E-state index in [9.17, 15) is 4.79 Å². The molecule has 6 heteroatoms. The number of anilines is 1. The molecule has 0 radical (unpaired) electrons.